The van der Waals surface area contributed by atoms with Crippen molar-refractivity contribution in [3.05, 3.63) is 45.1 Å². The lowest BCUT2D eigenvalue weighted by Crippen LogP contribution is -2.40. The average Bonchev–Trinajstić information content (AvgIpc) is 3.33. The first-order valence-corrected chi connectivity index (χ1v) is 11.9. The molecule has 3 aromatic heterocycles. The van der Waals surface area contributed by atoms with E-state index in [-0.39, 0.29) is 0 Å². The largest absolute Gasteiger partial charge is 0.342 e. The van der Waals surface area contributed by atoms with Gasteiger partial charge in [-0.1, -0.05) is 37.7 Å². The van der Waals surface area contributed by atoms with Crippen LogP contribution in [0, 0.1) is 11.8 Å². The maximum absolute atomic E-state index is 12.8. The van der Waals surface area contributed by atoms with Crippen LogP contribution >= 0.6 is 11.8 Å². The van der Waals surface area contributed by atoms with Gasteiger partial charge in [0, 0.05) is 32.4 Å². The number of imidazole rings is 2. The number of piperidine rings is 1. The first kappa shape index (κ1) is 20.9. The van der Waals surface area contributed by atoms with Gasteiger partial charge in [-0.15, -0.1) is 0 Å². The number of aromatic amines is 2. The number of nitrogens with one attached hydrogen (secondary N) is 2. The second kappa shape index (κ2) is 8.16. The molecule has 4 heterocycles. The molecule has 0 amide bonds. The fourth-order valence-electron chi connectivity index (χ4n) is 4.73. The Bertz CT molecular complexity index is 1360. The summed E-state index contributed by atoms with van der Waals surface area (Å²) in [5.41, 5.74) is 1.97. The number of para-hydroxylation sites is 2. The van der Waals surface area contributed by atoms with Crippen LogP contribution in [0.4, 0.5) is 5.95 Å². The Hall–Kier alpha value is -3.01. The smallest absolute Gasteiger partial charge is 0.329 e. The third-order valence-electron chi connectivity index (χ3n) is 6.06. The van der Waals surface area contributed by atoms with Gasteiger partial charge >= 0.3 is 5.69 Å². The Morgan fingerprint density at radius 3 is 2.59 bits per heavy atom. The molecule has 1 aliphatic heterocycles. The summed E-state index contributed by atoms with van der Waals surface area (Å²) in [5, 5.41) is 0.846. The monoisotopic (exact) mass is 453 g/mol. The van der Waals surface area contributed by atoms with Gasteiger partial charge < -0.3 is 14.5 Å². The Labute approximate surface area is 188 Å². The molecule has 1 aliphatic rings. The third kappa shape index (κ3) is 3.72. The van der Waals surface area contributed by atoms with Crippen LogP contribution in [0.15, 0.2) is 39.0 Å². The summed E-state index contributed by atoms with van der Waals surface area (Å²) in [6.07, 6.45) is 1.18. The molecule has 1 aromatic carbocycles. The van der Waals surface area contributed by atoms with E-state index in [2.05, 4.69) is 33.7 Å². The lowest BCUT2D eigenvalue weighted by atomic mass is 9.92. The Morgan fingerprint density at radius 2 is 1.84 bits per heavy atom. The zero-order chi connectivity index (χ0) is 22.4. The number of aromatic nitrogens is 6. The molecule has 0 bridgehead atoms. The number of thioether (sulfide) groups is 1. The summed E-state index contributed by atoms with van der Waals surface area (Å²) in [7, 11) is 1.65. The SMILES string of the molecule is C[C@@H]1C[C@H](C)CN(c2nc3c(c(=O)[nH]c(=O)n3C)n2CCSc2nc3ccccc3[nH]2)C1. The second-order valence-corrected chi connectivity index (χ2v) is 9.90. The minimum absolute atomic E-state index is 0.395. The molecule has 5 rings (SSSR count). The van der Waals surface area contributed by atoms with E-state index in [1.807, 2.05) is 28.8 Å². The van der Waals surface area contributed by atoms with Gasteiger partial charge in [-0.3, -0.25) is 14.3 Å². The van der Waals surface area contributed by atoms with Crippen LogP contribution in [0.25, 0.3) is 22.2 Å². The molecule has 0 saturated carbocycles. The predicted octanol–water partition coefficient (Wildman–Crippen LogP) is 2.57. The second-order valence-electron chi connectivity index (χ2n) is 8.81. The van der Waals surface area contributed by atoms with Gasteiger partial charge in [-0.25, -0.2) is 9.78 Å². The molecule has 0 spiro atoms. The highest BCUT2D eigenvalue weighted by Crippen LogP contribution is 2.28. The van der Waals surface area contributed by atoms with Crippen molar-refractivity contribution in [3.8, 4) is 0 Å². The number of rotatable bonds is 5. The zero-order valence-electron chi connectivity index (χ0n) is 18.5. The quantitative estimate of drug-likeness (QED) is 0.450. The van der Waals surface area contributed by atoms with Gasteiger partial charge in [0.25, 0.3) is 5.56 Å². The number of H-pyrrole nitrogens is 2. The predicted molar refractivity (Wildman–Crippen MR) is 128 cm³/mol. The van der Waals surface area contributed by atoms with Crippen LogP contribution in [-0.2, 0) is 13.6 Å². The standard InChI is InChI=1S/C22H27N7O2S/c1-13-10-14(2)12-28(11-13)21-25-18-17(19(30)26-22(31)27(18)3)29(21)8-9-32-20-23-15-6-4-5-7-16(15)24-20/h4-7,13-14H,8-12H2,1-3H3,(H,23,24)(H,26,30,31)/t13-,14+. The molecular weight excluding hydrogens is 426 g/mol. The molecule has 32 heavy (non-hydrogen) atoms. The van der Waals surface area contributed by atoms with E-state index in [1.165, 1.54) is 11.0 Å². The van der Waals surface area contributed by atoms with E-state index in [1.54, 1.807) is 18.8 Å². The molecule has 2 N–H and O–H groups in total. The maximum Gasteiger partial charge on any atom is 0.329 e. The van der Waals surface area contributed by atoms with Crippen molar-refractivity contribution in [3.63, 3.8) is 0 Å². The molecule has 4 aromatic rings. The molecule has 168 valence electrons. The van der Waals surface area contributed by atoms with Crippen LogP contribution < -0.4 is 16.1 Å². The molecular formula is C22H27N7O2S. The van der Waals surface area contributed by atoms with E-state index in [0.717, 1.165) is 35.2 Å². The summed E-state index contributed by atoms with van der Waals surface area (Å²) >= 11 is 1.61. The summed E-state index contributed by atoms with van der Waals surface area (Å²) in [6.45, 7) is 6.84. The van der Waals surface area contributed by atoms with E-state index in [0.29, 0.717) is 35.3 Å². The van der Waals surface area contributed by atoms with E-state index >= 15 is 0 Å². The highest BCUT2D eigenvalue weighted by atomic mass is 32.2. The zero-order valence-corrected chi connectivity index (χ0v) is 19.3. The third-order valence-corrected chi connectivity index (χ3v) is 6.91. The van der Waals surface area contributed by atoms with Crippen molar-refractivity contribution in [2.75, 3.05) is 23.7 Å². The molecule has 2 atom stereocenters. The number of benzene rings is 1. The van der Waals surface area contributed by atoms with Crippen LogP contribution in [-0.4, -0.2) is 47.9 Å². The normalized spacial score (nSPS) is 19.3. The Balaban J connectivity index is 1.50. The fraction of sp³-hybridized carbons (Fsp3) is 0.455. The lowest BCUT2D eigenvalue weighted by molar-refractivity contribution is 0.352. The lowest BCUT2D eigenvalue weighted by Gasteiger charge is -2.35. The molecule has 0 aliphatic carbocycles. The Kier molecular flexibility index (Phi) is 5.32. The van der Waals surface area contributed by atoms with Crippen molar-refractivity contribution in [1.29, 1.82) is 0 Å². The maximum atomic E-state index is 12.8. The highest BCUT2D eigenvalue weighted by Gasteiger charge is 2.27. The van der Waals surface area contributed by atoms with Gasteiger partial charge in [0.15, 0.2) is 16.3 Å². The molecule has 1 saturated heterocycles. The minimum Gasteiger partial charge on any atom is -0.342 e. The van der Waals surface area contributed by atoms with Gasteiger partial charge in [-0.2, -0.15) is 4.98 Å². The van der Waals surface area contributed by atoms with Gasteiger partial charge in [-0.05, 0) is 30.4 Å². The van der Waals surface area contributed by atoms with Crippen LogP contribution in [0.1, 0.15) is 20.3 Å². The Morgan fingerprint density at radius 1 is 1.09 bits per heavy atom. The van der Waals surface area contributed by atoms with Crippen molar-refractivity contribution in [2.45, 2.75) is 32.0 Å². The molecule has 10 heteroatoms. The fourth-order valence-corrected chi connectivity index (χ4v) is 5.55. The average molecular weight is 454 g/mol. The van der Waals surface area contributed by atoms with Crippen LogP contribution in [0.3, 0.4) is 0 Å². The van der Waals surface area contributed by atoms with Gasteiger partial charge in [0.05, 0.1) is 11.0 Å². The van der Waals surface area contributed by atoms with Crippen molar-refractivity contribution in [2.24, 2.45) is 18.9 Å². The van der Waals surface area contributed by atoms with Gasteiger partial charge in [0.1, 0.15) is 0 Å². The molecule has 1 fully saturated rings. The number of aryl methyl sites for hydroxylation is 2. The van der Waals surface area contributed by atoms with Crippen molar-refractivity contribution >= 4 is 39.9 Å². The molecule has 0 radical (unpaired) electrons. The number of hydrogen-bond acceptors (Lipinski definition) is 6. The number of fused-ring (bicyclic) bond motifs is 2. The number of anilines is 1. The summed E-state index contributed by atoms with van der Waals surface area (Å²) in [6, 6.07) is 7.94. The van der Waals surface area contributed by atoms with E-state index < -0.39 is 11.2 Å². The van der Waals surface area contributed by atoms with Crippen LogP contribution in [0.2, 0.25) is 0 Å². The van der Waals surface area contributed by atoms with E-state index in [4.69, 9.17) is 4.98 Å². The van der Waals surface area contributed by atoms with Crippen molar-refractivity contribution < 1.29 is 0 Å². The van der Waals surface area contributed by atoms with Crippen LogP contribution in [0.5, 0.6) is 0 Å². The summed E-state index contributed by atoms with van der Waals surface area (Å²) in [5.74, 6) is 2.55. The number of hydrogen-bond donors (Lipinski definition) is 2. The highest BCUT2D eigenvalue weighted by molar-refractivity contribution is 7.99. The topological polar surface area (TPSA) is 105 Å². The first-order chi connectivity index (χ1) is 15.4. The van der Waals surface area contributed by atoms with Crippen molar-refractivity contribution in [1.82, 2.24) is 29.1 Å². The summed E-state index contributed by atoms with van der Waals surface area (Å²) < 4.78 is 3.38. The summed E-state index contributed by atoms with van der Waals surface area (Å²) in [4.78, 5) is 42.4. The molecule has 9 nitrogen and oxygen atoms in total. The number of nitrogens with zero attached hydrogens (tertiary/aromatic N) is 5. The molecule has 0 unspecified atom stereocenters. The first-order valence-electron chi connectivity index (χ1n) is 10.9. The van der Waals surface area contributed by atoms with Gasteiger partial charge in [0.2, 0.25) is 5.95 Å². The van der Waals surface area contributed by atoms with E-state index in [9.17, 15) is 9.59 Å². The minimum atomic E-state index is -0.448.